The molecule has 1 fully saturated rings. The minimum Gasteiger partial charge on any atom is -0.494 e. The van der Waals surface area contributed by atoms with E-state index in [0.717, 1.165) is 20.3 Å². The zero-order valence-electron chi connectivity index (χ0n) is 13.5. The van der Waals surface area contributed by atoms with Gasteiger partial charge in [-0.15, -0.1) is 11.3 Å². The average molecular weight is 421 g/mol. The van der Waals surface area contributed by atoms with Gasteiger partial charge >= 0.3 is 0 Å². The molecule has 0 aliphatic carbocycles. The van der Waals surface area contributed by atoms with Gasteiger partial charge in [0, 0.05) is 6.08 Å². The van der Waals surface area contributed by atoms with Gasteiger partial charge in [-0.05, 0) is 49.0 Å². The highest BCUT2D eigenvalue weighted by Gasteiger charge is 2.22. The first-order chi connectivity index (χ1) is 12.6. The highest BCUT2D eigenvalue weighted by molar-refractivity contribution is 8.26. The van der Waals surface area contributed by atoms with Crippen molar-refractivity contribution in [1.82, 2.24) is 10.3 Å². The summed E-state index contributed by atoms with van der Waals surface area (Å²) in [5, 5.41) is 3.30. The molecule has 1 N–H and O–H groups in total. The molecule has 0 spiro atoms. The van der Waals surface area contributed by atoms with Gasteiger partial charge in [-0.3, -0.25) is 4.79 Å². The predicted molar refractivity (Wildman–Crippen MR) is 110 cm³/mol. The minimum absolute atomic E-state index is 0.193. The number of furan rings is 1. The third kappa shape index (κ3) is 3.80. The summed E-state index contributed by atoms with van der Waals surface area (Å²) < 4.78 is 13.7. The SMILES string of the molecule is CCOc1ccc2nc(Sc3ccc(/C=C4\SC(=S)NC4=O)o3)sc2c1. The minimum atomic E-state index is -0.193. The number of carbonyl (C=O) groups excluding carboxylic acids is 1. The van der Waals surface area contributed by atoms with Crippen LogP contribution < -0.4 is 10.1 Å². The maximum absolute atomic E-state index is 11.7. The lowest BCUT2D eigenvalue weighted by Gasteiger charge is -2.00. The second-order valence-corrected chi connectivity index (χ2v) is 9.15. The lowest BCUT2D eigenvalue weighted by molar-refractivity contribution is -0.115. The van der Waals surface area contributed by atoms with Crippen LogP contribution in [0.3, 0.4) is 0 Å². The second-order valence-electron chi connectivity index (χ2n) is 5.15. The number of nitrogens with one attached hydrogen (secondary N) is 1. The molecule has 26 heavy (non-hydrogen) atoms. The fourth-order valence-corrected chi connectivity index (χ4v) is 5.31. The average Bonchev–Trinajstić information content (AvgIpc) is 3.28. The van der Waals surface area contributed by atoms with Gasteiger partial charge in [0.25, 0.3) is 5.91 Å². The Morgan fingerprint density at radius 2 is 2.27 bits per heavy atom. The topological polar surface area (TPSA) is 64.4 Å². The van der Waals surface area contributed by atoms with Gasteiger partial charge in [-0.1, -0.05) is 24.0 Å². The summed E-state index contributed by atoms with van der Waals surface area (Å²) in [6, 6.07) is 9.57. The summed E-state index contributed by atoms with van der Waals surface area (Å²) in [4.78, 5) is 16.8. The van der Waals surface area contributed by atoms with Gasteiger partial charge < -0.3 is 14.5 Å². The molecule has 0 atom stereocenters. The summed E-state index contributed by atoms with van der Waals surface area (Å²) in [5.74, 6) is 1.26. The Hall–Kier alpha value is -1.81. The van der Waals surface area contributed by atoms with E-state index in [1.165, 1.54) is 23.5 Å². The molecule has 3 heterocycles. The van der Waals surface area contributed by atoms with Crippen LogP contribution in [0.4, 0.5) is 0 Å². The number of amides is 1. The molecule has 1 aliphatic rings. The molecule has 1 aliphatic heterocycles. The van der Waals surface area contributed by atoms with Crippen molar-refractivity contribution in [3.63, 3.8) is 0 Å². The number of thioether (sulfide) groups is 1. The van der Waals surface area contributed by atoms with Crippen LogP contribution in [0.25, 0.3) is 16.3 Å². The van der Waals surface area contributed by atoms with Gasteiger partial charge in [0.15, 0.2) is 9.43 Å². The van der Waals surface area contributed by atoms with E-state index < -0.39 is 0 Å². The number of rotatable bonds is 5. The molecule has 3 aromatic rings. The highest BCUT2D eigenvalue weighted by atomic mass is 32.2. The molecular formula is C17H12N2O3S4. The summed E-state index contributed by atoms with van der Waals surface area (Å²) in [6.45, 7) is 2.60. The Balaban J connectivity index is 1.52. The molecule has 0 saturated carbocycles. The van der Waals surface area contributed by atoms with E-state index in [2.05, 4.69) is 10.3 Å². The van der Waals surface area contributed by atoms with E-state index in [4.69, 9.17) is 21.4 Å². The summed E-state index contributed by atoms with van der Waals surface area (Å²) in [6.07, 6.45) is 1.69. The monoisotopic (exact) mass is 420 g/mol. The lowest BCUT2D eigenvalue weighted by Crippen LogP contribution is -2.17. The number of aromatic nitrogens is 1. The van der Waals surface area contributed by atoms with E-state index in [-0.39, 0.29) is 5.91 Å². The highest BCUT2D eigenvalue weighted by Crippen LogP contribution is 2.37. The summed E-state index contributed by atoms with van der Waals surface area (Å²) in [7, 11) is 0. The Labute approximate surface area is 167 Å². The van der Waals surface area contributed by atoms with Crippen LogP contribution >= 0.6 is 47.1 Å². The fraction of sp³-hybridized carbons (Fsp3) is 0.118. The van der Waals surface area contributed by atoms with Crippen LogP contribution in [-0.2, 0) is 4.79 Å². The fourth-order valence-electron chi connectivity index (χ4n) is 2.29. The van der Waals surface area contributed by atoms with Crippen molar-refractivity contribution >= 4 is 73.6 Å². The third-order valence-corrected chi connectivity index (χ3v) is 6.52. The number of ether oxygens (including phenoxy) is 1. The van der Waals surface area contributed by atoms with Crippen molar-refractivity contribution in [2.75, 3.05) is 6.61 Å². The zero-order valence-corrected chi connectivity index (χ0v) is 16.7. The second kappa shape index (κ2) is 7.43. The largest absolute Gasteiger partial charge is 0.494 e. The van der Waals surface area contributed by atoms with Crippen LogP contribution in [0.2, 0.25) is 0 Å². The lowest BCUT2D eigenvalue weighted by atomic mass is 10.3. The molecule has 132 valence electrons. The normalized spacial score (nSPS) is 15.8. The van der Waals surface area contributed by atoms with Crippen LogP contribution in [-0.4, -0.2) is 21.8 Å². The molecule has 9 heteroatoms. The Morgan fingerprint density at radius 1 is 1.38 bits per heavy atom. The van der Waals surface area contributed by atoms with Gasteiger partial charge in [0.05, 0.1) is 21.7 Å². The first kappa shape index (κ1) is 17.6. The van der Waals surface area contributed by atoms with Crippen LogP contribution in [0, 0.1) is 0 Å². The van der Waals surface area contributed by atoms with Gasteiger partial charge in [0.2, 0.25) is 0 Å². The first-order valence-corrected chi connectivity index (χ1v) is 10.5. The Bertz CT molecular complexity index is 1040. The third-order valence-electron chi connectivity index (χ3n) is 3.36. The molecular weight excluding hydrogens is 408 g/mol. The maximum Gasteiger partial charge on any atom is 0.263 e. The van der Waals surface area contributed by atoms with Crippen LogP contribution in [0.1, 0.15) is 12.7 Å². The zero-order chi connectivity index (χ0) is 18.1. The van der Waals surface area contributed by atoms with Gasteiger partial charge in [0.1, 0.15) is 15.8 Å². The van der Waals surface area contributed by atoms with Crippen LogP contribution in [0.15, 0.2) is 49.1 Å². The summed E-state index contributed by atoms with van der Waals surface area (Å²) >= 11 is 9.25. The van der Waals surface area contributed by atoms with Crippen molar-refractivity contribution in [1.29, 1.82) is 0 Å². The quantitative estimate of drug-likeness (QED) is 0.464. The Morgan fingerprint density at radius 3 is 3.04 bits per heavy atom. The number of hydrogen-bond donors (Lipinski definition) is 1. The molecule has 2 aromatic heterocycles. The summed E-state index contributed by atoms with van der Waals surface area (Å²) in [5.41, 5.74) is 0.933. The van der Waals surface area contributed by atoms with Crippen molar-refractivity contribution < 1.29 is 13.9 Å². The molecule has 0 unspecified atom stereocenters. The first-order valence-electron chi connectivity index (χ1n) is 7.66. The molecule has 4 rings (SSSR count). The number of thiocarbonyl (C=S) groups is 1. The smallest absolute Gasteiger partial charge is 0.263 e. The molecule has 0 radical (unpaired) electrons. The van der Waals surface area contributed by atoms with E-state index in [1.807, 2.05) is 37.3 Å². The van der Waals surface area contributed by atoms with Crippen molar-refractivity contribution in [2.24, 2.45) is 0 Å². The Kier molecular flexibility index (Phi) is 5.03. The van der Waals surface area contributed by atoms with Crippen molar-refractivity contribution in [2.45, 2.75) is 16.4 Å². The number of hydrogen-bond acceptors (Lipinski definition) is 8. The van der Waals surface area contributed by atoms with E-state index in [1.54, 1.807) is 17.4 Å². The molecule has 0 bridgehead atoms. The van der Waals surface area contributed by atoms with E-state index in [0.29, 0.717) is 26.7 Å². The van der Waals surface area contributed by atoms with Gasteiger partial charge in [-0.2, -0.15) is 0 Å². The number of carbonyl (C=O) groups is 1. The van der Waals surface area contributed by atoms with E-state index in [9.17, 15) is 4.79 Å². The predicted octanol–water partition coefficient (Wildman–Crippen LogP) is 4.93. The molecule has 5 nitrogen and oxygen atoms in total. The number of fused-ring (bicyclic) bond motifs is 1. The van der Waals surface area contributed by atoms with Crippen molar-refractivity contribution in [3.05, 3.63) is 41.0 Å². The molecule has 1 amide bonds. The number of benzene rings is 1. The standard InChI is InChI=1S/C17H12N2O3S4/c1-2-21-9-3-5-11-12(7-9)25-17(18-11)26-14-6-4-10(22-14)8-13-15(20)19-16(23)24-13/h3-8H,2H2,1H3,(H,19,20,23)/b13-8-. The molecule has 1 aromatic carbocycles. The molecule has 1 saturated heterocycles. The van der Waals surface area contributed by atoms with Gasteiger partial charge in [-0.25, -0.2) is 4.98 Å². The van der Waals surface area contributed by atoms with Crippen molar-refractivity contribution in [3.8, 4) is 5.75 Å². The van der Waals surface area contributed by atoms with Crippen LogP contribution in [0.5, 0.6) is 5.75 Å². The number of nitrogens with zero attached hydrogens (tertiary/aromatic N) is 1. The maximum atomic E-state index is 11.7. The van der Waals surface area contributed by atoms with E-state index >= 15 is 0 Å². The number of thiazole rings is 1.